The maximum absolute atomic E-state index is 12.3. The molecule has 0 heterocycles. The van der Waals surface area contributed by atoms with Crippen molar-refractivity contribution < 1.29 is 13.2 Å². The number of halogens is 1. The van der Waals surface area contributed by atoms with Crippen molar-refractivity contribution in [3.8, 4) is 0 Å². The van der Waals surface area contributed by atoms with Gasteiger partial charge in [0.05, 0.1) is 22.2 Å². The van der Waals surface area contributed by atoms with Gasteiger partial charge in [0.2, 0.25) is 15.9 Å². The normalized spacial score (nSPS) is 11.4. The predicted octanol–water partition coefficient (Wildman–Crippen LogP) is 2.32. The van der Waals surface area contributed by atoms with Crippen LogP contribution in [0.1, 0.15) is 5.56 Å². The van der Waals surface area contributed by atoms with E-state index in [1.165, 1.54) is 20.2 Å². The monoisotopic (exact) mass is 381 g/mol. The number of sulfonamides is 1. The van der Waals surface area contributed by atoms with Crippen molar-refractivity contribution in [3.63, 3.8) is 0 Å². The average molecular weight is 382 g/mol. The Morgan fingerprint density at radius 2 is 1.72 bits per heavy atom. The highest BCUT2D eigenvalue weighted by Gasteiger charge is 2.20. The first-order chi connectivity index (χ1) is 11.8. The van der Waals surface area contributed by atoms with Crippen LogP contribution in [0.5, 0.6) is 0 Å². The van der Waals surface area contributed by atoms with Crippen molar-refractivity contribution in [2.45, 2.75) is 11.4 Å². The van der Waals surface area contributed by atoms with E-state index in [-0.39, 0.29) is 23.9 Å². The van der Waals surface area contributed by atoms with Crippen molar-refractivity contribution in [1.29, 1.82) is 0 Å². The first-order valence-corrected chi connectivity index (χ1v) is 9.39. The van der Waals surface area contributed by atoms with Gasteiger partial charge < -0.3 is 10.6 Å². The fourth-order valence-corrected chi connectivity index (χ4v) is 3.45. The van der Waals surface area contributed by atoms with Crippen LogP contribution in [0, 0.1) is 0 Å². The molecule has 2 N–H and O–H groups in total. The van der Waals surface area contributed by atoms with Crippen molar-refractivity contribution in [2.24, 2.45) is 0 Å². The maximum atomic E-state index is 12.3. The number of carbonyl (C=O) groups is 1. The summed E-state index contributed by atoms with van der Waals surface area (Å²) in [7, 11) is -0.626. The summed E-state index contributed by atoms with van der Waals surface area (Å²) in [6.07, 6.45) is 0. The number of hydrogen-bond donors (Lipinski definition) is 2. The minimum absolute atomic E-state index is 0.0341. The van der Waals surface area contributed by atoms with E-state index in [4.69, 9.17) is 11.6 Å². The molecule has 0 spiro atoms. The number of rotatable bonds is 7. The smallest absolute Gasteiger partial charge is 0.242 e. The van der Waals surface area contributed by atoms with Gasteiger partial charge in [0.1, 0.15) is 0 Å². The fraction of sp³-hybridized carbons (Fsp3) is 0.235. The quantitative estimate of drug-likeness (QED) is 0.771. The van der Waals surface area contributed by atoms with E-state index in [9.17, 15) is 13.2 Å². The molecule has 2 aromatic rings. The number of hydrogen-bond acceptors (Lipinski definition) is 4. The van der Waals surface area contributed by atoms with Crippen LogP contribution in [-0.2, 0) is 21.4 Å². The molecule has 0 unspecified atom stereocenters. The highest BCUT2D eigenvalue weighted by molar-refractivity contribution is 7.89. The van der Waals surface area contributed by atoms with Gasteiger partial charge in [-0.15, -0.1) is 0 Å². The fourth-order valence-electron chi connectivity index (χ4n) is 2.13. The van der Waals surface area contributed by atoms with Crippen molar-refractivity contribution in [2.75, 3.05) is 26.0 Å². The van der Waals surface area contributed by atoms with Gasteiger partial charge in [-0.2, -0.15) is 0 Å². The third-order valence-electron chi connectivity index (χ3n) is 3.52. The maximum Gasteiger partial charge on any atom is 0.242 e. The second-order valence-corrected chi connectivity index (χ2v) is 8.03. The Morgan fingerprint density at radius 1 is 1.08 bits per heavy atom. The second kappa shape index (κ2) is 8.33. The molecule has 0 aromatic heterocycles. The Balaban J connectivity index is 2.00. The lowest BCUT2D eigenvalue weighted by Crippen LogP contribution is -2.30. The van der Waals surface area contributed by atoms with Gasteiger partial charge in [0, 0.05) is 20.6 Å². The number of nitrogens with one attached hydrogen (secondary N) is 2. The Labute approximate surface area is 152 Å². The van der Waals surface area contributed by atoms with Gasteiger partial charge in [-0.3, -0.25) is 4.79 Å². The molecule has 0 aliphatic carbocycles. The van der Waals surface area contributed by atoms with Crippen LogP contribution in [-0.4, -0.2) is 39.3 Å². The Bertz CT molecular complexity index is 854. The molecule has 0 saturated carbocycles. The van der Waals surface area contributed by atoms with Crippen LogP contribution in [0.25, 0.3) is 0 Å². The van der Waals surface area contributed by atoms with Gasteiger partial charge in [-0.05, 0) is 23.8 Å². The molecule has 8 heteroatoms. The summed E-state index contributed by atoms with van der Waals surface area (Å²) in [5.41, 5.74) is 1.19. The van der Waals surface area contributed by atoms with Crippen LogP contribution in [0.15, 0.2) is 53.4 Å². The van der Waals surface area contributed by atoms with E-state index in [2.05, 4.69) is 10.6 Å². The molecule has 0 aliphatic rings. The van der Waals surface area contributed by atoms with Crippen molar-refractivity contribution in [3.05, 3.63) is 59.1 Å². The molecule has 0 bridgehead atoms. The predicted molar refractivity (Wildman–Crippen MR) is 99.1 cm³/mol. The molecule has 1 amide bonds. The van der Waals surface area contributed by atoms with E-state index >= 15 is 0 Å². The van der Waals surface area contributed by atoms with Crippen LogP contribution in [0.3, 0.4) is 0 Å². The summed E-state index contributed by atoms with van der Waals surface area (Å²) >= 11 is 6.02. The molecule has 2 aromatic carbocycles. The molecule has 0 aliphatic heterocycles. The standard InChI is InChI=1S/C17H20ClN3O3S/c1-21(2)25(23,24)16-10-6-3-7-13(16)11-20-17(22)12-19-15-9-5-4-8-14(15)18/h3-10,19H,11-12H2,1-2H3,(H,20,22). The molecular formula is C17H20ClN3O3S. The molecular weight excluding hydrogens is 362 g/mol. The van der Waals surface area contributed by atoms with E-state index in [0.29, 0.717) is 16.3 Å². The summed E-state index contributed by atoms with van der Waals surface area (Å²) in [5, 5.41) is 6.18. The van der Waals surface area contributed by atoms with E-state index in [0.717, 1.165) is 4.31 Å². The van der Waals surface area contributed by atoms with Gasteiger partial charge in [-0.1, -0.05) is 41.9 Å². The molecule has 0 fully saturated rings. The lowest BCUT2D eigenvalue weighted by molar-refractivity contribution is -0.119. The summed E-state index contributed by atoms with van der Waals surface area (Å²) in [5.74, 6) is -0.267. The number of amides is 1. The van der Waals surface area contributed by atoms with Gasteiger partial charge in [0.25, 0.3) is 0 Å². The summed E-state index contributed by atoms with van der Waals surface area (Å²) in [4.78, 5) is 12.2. The molecule has 2 rings (SSSR count). The minimum atomic E-state index is -3.57. The molecule has 0 atom stereocenters. The first kappa shape index (κ1) is 19.2. The lowest BCUT2D eigenvalue weighted by Gasteiger charge is -2.15. The molecule has 0 saturated heterocycles. The minimum Gasteiger partial charge on any atom is -0.375 e. The Kier molecular flexibility index (Phi) is 6.41. The van der Waals surface area contributed by atoms with Crippen LogP contribution in [0.4, 0.5) is 5.69 Å². The second-order valence-electron chi connectivity index (χ2n) is 5.51. The van der Waals surface area contributed by atoms with E-state index in [1.807, 2.05) is 6.07 Å². The molecule has 134 valence electrons. The van der Waals surface area contributed by atoms with Crippen LogP contribution >= 0.6 is 11.6 Å². The number of carbonyl (C=O) groups excluding carboxylic acids is 1. The number of nitrogens with zero attached hydrogens (tertiary/aromatic N) is 1. The lowest BCUT2D eigenvalue weighted by atomic mass is 10.2. The van der Waals surface area contributed by atoms with Crippen LogP contribution in [0.2, 0.25) is 5.02 Å². The van der Waals surface area contributed by atoms with Gasteiger partial charge >= 0.3 is 0 Å². The Hall–Kier alpha value is -2.09. The zero-order chi connectivity index (χ0) is 18.4. The first-order valence-electron chi connectivity index (χ1n) is 7.58. The molecule has 6 nitrogen and oxygen atoms in total. The zero-order valence-corrected chi connectivity index (χ0v) is 15.6. The topological polar surface area (TPSA) is 78.5 Å². The number of anilines is 1. The van der Waals surface area contributed by atoms with Gasteiger partial charge in [-0.25, -0.2) is 12.7 Å². The zero-order valence-electron chi connectivity index (χ0n) is 14.0. The Morgan fingerprint density at radius 3 is 2.40 bits per heavy atom. The number of para-hydroxylation sites is 1. The van der Waals surface area contributed by atoms with Crippen molar-refractivity contribution >= 4 is 33.2 Å². The molecule has 0 radical (unpaired) electrons. The van der Waals surface area contributed by atoms with Crippen LogP contribution < -0.4 is 10.6 Å². The summed E-state index contributed by atoms with van der Waals surface area (Å²) in [6, 6.07) is 13.7. The van der Waals surface area contributed by atoms with Gasteiger partial charge in [0.15, 0.2) is 0 Å². The van der Waals surface area contributed by atoms with E-state index < -0.39 is 10.0 Å². The molecule has 25 heavy (non-hydrogen) atoms. The largest absolute Gasteiger partial charge is 0.375 e. The summed E-state index contributed by atoms with van der Waals surface area (Å²) < 4.78 is 25.8. The summed E-state index contributed by atoms with van der Waals surface area (Å²) in [6.45, 7) is 0.151. The third-order valence-corrected chi connectivity index (χ3v) is 5.77. The highest BCUT2D eigenvalue weighted by Crippen LogP contribution is 2.20. The van der Waals surface area contributed by atoms with E-state index in [1.54, 1.807) is 36.4 Å². The number of benzene rings is 2. The SMILES string of the molecule is CN(C)S(=O)(=O)c1ccccc1CNC(=O)CNc1ccccc1Cl. The third kappa shape index (κ3) is 4.94. The average Bonchev–Trinajstić information content (AvgIpc) is 2.59. The highest BCUT2D eigenvalue weighted by atomic mass is 35.5. The van der Waals surface area contributed by atoms with Crippen molar-refractivity contribution in [1.82, 2.24) is 9.62 Å².